The number of nitrogens with zero attached hydrogens (tertiary/aromatic N) is 1. The van der Waals surface area contributed by atoms with Gasteiger partial charge in [-0.15, -0.1) is 0 Å². The van der Waals surface area contributed by atoms with Crippen molar-refractivity contribution in [1.29, 1.82) is 0 Å². The van der Waals surface area contributed by atoms with Crippen molar-refractivity contribution in [3.05, 3.63) is 0 Å². The molecule has 0 spiro atoms. The van der Waals surface area contributed by atoms with Crippen LogP contribution in [0.1, 0.15) is 91.4 Å². The number of ether oxygens (including phenoxy) is 1. The Labute approximate surface area is 187 Å². The Morgan fingerprint density at radius 1 is 1.03 bits per heavy atom. The highest BCUT2D eigenvalue weighted by Gasteiger charge is 2.29. The maximum Gasteiger partial charge on any atom is 0.410 e. The predicted molar refractivity (Wildman–Crippen MR) is 125 cm³/mol. The molecule has 30 heavy (non-hydrogen) atoms. The van der Waals surface area contributed by atoms with Gasteiger partial charge in [0.25, 0.3) is 0 Å². The highest BCUT2D eigenvalue weighted by atomic mass is 32.2. The van der Waals surface area contributed by atoms with Gasteiger partial charge >= 0.3 is 12.1 Å². The van der Waals surface area contributed by atoms with E-state index in [1.807, 2.05) is 6.26 Å². The minimum atomic E-state index is -1.01. The molecule has 0 bridgehead atoms. The number of carbonyl (C=O) groups is 2. The standard InChI is InChI=1S/C12H23N.C11H21NO4S/c1-3-7-11(8-4-1)13-12-9-5-2-6-10-12;1-11(2,3)16-10(15)12(4)8(9(13)14)6-7-17-5/h11-13H,1-10H2;8H,6-7H2,1-5H3,(H,13,14). The third-order valence-corrected chi connectivity index (χ3v) is 6.36. The highest BCUT2D eigenvalue weighted by molar-refractivity contribution is 7.98. The van der Waals surface area contributed by atoms with Crippen molar-refractivity contribution >= 4 is 23.8 Å². The lowest BCUT2D eigenvalue weighted by Gasteiger charge is -2.30. The lowest BCUT2D eigenvalue weighted by Crippen LogP contribution is -2.45. The van der Waals surface area contributed by atoms with Crippen molar-refractivity contribution in [3.8, 4) is 0 Å². The maximum atomic E-state index is 11.7. The van der Waals surface area contributed by atoms with Gasteiger partial charge in [0.05, 0.1) is 0 Å². The quantitative estimate of drug-likeness (QED) is 0.555. The van der Waals surface area contributed by atoms with E-state index in [2.05, 4.69) is 5.32 Å². The predicted octanol–water partition coefficient (Wildman–Crippen LogP) is 5.30. The van der Waals surface area contributed by atoms with E-state index in [-0.39, 0.29) is 0 Å². The molecule has 2 fully saturated rings. The van der Waals surface area contributed by atoms with Gasteiger partial charge in [-0.3, -0.25) is 4.90 Å². The highest BCUT2D eigenvalue weighted by Crippen LogP contribution is 2.22. The Kier molecular flexibility index (Phi) is 12.8. The molecule has 1 atom stereocenters. The fourth-order valence-corrected chi connectivity index (χ4v) is 4.50. The second kappa shape index (κ2) is 14.2. The minimum absolute atomic E-state index is 0.409. The van der Waals surface area contributed by atoms with Gasteiger partial charge in [-0.1, -0.05) is 38.5 Å². The van der Waals surface area contributed by atoms with Gasteiger partial charge < -0.3 is 15.2 Å². The van der Waals surface area contributed by atoms with Gasteiger partial charge in [0.1, 0.15) is 11.6 Å². The van der Waals surface area contributed by atoms with E-state index in [4.69, 9.17) is 9.84 Å². The Morgan fingerprint density at radius 2 is 1.50 bits per heavy atom. The molecule has 2 N–H and O–H groups in total. The summed E-state index contributed by atoms with van der Waals surface area (Å²) < 4.78 is 5.13. The van der Waals surface area contributed by atoms with Crippen LogP contribution in [0.5, 0.6) is 0 Å². The molecule has 0 aliphatic heterocycles. The molecule has 0 aromatic rings. The average molecular weight is 445 g/mol. The molecule has 0 heterocycles. The number of carboxylic acids is 1. The van der Waals surface area contributed by atoms with Crippen molar-refractivity contribution in [2.75, 3.05) is 19.1 Å². The summed E-state index contributed by atoms with van der Waals surface area (Å²) in [6.45, 7) is 5.24. The van der Waals surface area contributed by atoms with E-state index in [1.165, 1.54) is 71.3 Å². The van der Waals surface area contributed by atoms with Gasteiger partial charge in [0, 0.05) is 19.1 Å². The van der Waals surface area contributed by atoms with E-state index in [1.54, 1.807) is 32.5 Å². The van der Waals surface area contributed by atoms with Crippen molar-refractivity contribution in [2.24, 2.45) is 0 Å². The summed E-state index contributed by atoms with van der Waals surface area (Å²) in [5.74, 6) is -0.322. The van der Waals surface area contributed by atoms with Crippen LogP contribution in [0, 0.1) is 0 Å². The SMILES string of the molecule is C1CCC(NC2CCCCC2)CC1.CSCCC(C(=O)O)N(C)C(=O)OC(C)(C)C. The van der Waals surface area contributed by atoms with Crippen LogP contribution in [0.4, 0.5) is 4.79 Å². The molecule has 0 aromatic carbocycles. The second-order valence-corrected chi connectivity index (χ2v) is 10.5. The number of likely N-dealkylation sites (N-methyl/N-ethyl adjacent to an activating group) is 1. The lowest BCUT2D eigenvalue weighted by atomic mass is 9.91. The van der Waals surface area contributed by atoms with Crippen molar-refractivity contribution in [3.63, 3.8) is 0 Å². The number of hydrogen-bond donors (Lipinski definition) is 2. The summed E-state index contributed by atoms with van der Waals surface area (Å²) in [6, 6.07) is 0.908. The van der Waals surface area contributed by atoms with Gasteiger partial charge in [-0.05, 0) is 64.9 Å². The normalized spacial score (nSPS) is 19.4. The minimum Gasteiger partial charge on any atom is -0.480 e. The molecule has 0 radical (unpaired) electrons. The average Bonchev–Trinajstić information content (AvgIpc) is 2.68. The second-order valence-electron chi connectivity index (χ2n) is 9.56. The van der Waals surface area contributed by atoms with Crippen LogP contribution in [0.3, 0.4) is 0 Å². The van der Waals surface area contributed by atoms with Gasteiger partial charge in [-0.25, -0.2) is 9.59 Å². The number of aliphatic carboxylic acids is 1. The molecule has 0 saturated heterocycles. The summed E-state index contributed by atoms with van der Waals surface area (Å²) in [5.41, 5.74) is -0.617. The Morgan fingerprint density at radius 3 is 1.87 bits per heavy atom. The number of rotatable bonds is 7. The molecular formula is C23H44N2O4S. The zero-order valence-electron chi connectivity index (χ0n) is 19.7. The van der Waals surface area contributed by atoms with E-state index < -0.39 is 23.7 Å². The fourth-order valence-electron chi connectivity index (χ4n) is 4.05. The number of hydrogen-bond acceptors (Lipinski definition) is 5. The molecule has 2 aliphatic carbocycles. The topological polar surface area (TPSA) is 78.9 Å². The lowest BCUT2D eigenvalue weighted by molar-refractivity contribution is -0.142. The van der Waals surface area contributed by atoms with E-state index in [9.17, 15) is 9.59 Å². The van der Waals surface area contributed by atoms with E-state index in [0.29, 0.717) is 12.2 Å². The van der Waals surface area contributed by atoms with Crippen molar-refractivity contribution in [2.45, 2.75) is 115 Å². The van der Waals surface area contributed by atoms with Crippen molar-refractivity contribution < 1.29 is 19.4 Å². The smallest absolute Gasteiger partial charge is 0.410 e. The Balaban J connectivity index is 0.000000308. The van der Waals surface area contributed by atoms with Crippen LogP contribution < -0.4 is 5.32 Å². The summed E-state index contributed by atoms with van der Waals surface area (Å²) in [5, 5.41) is 12.9. The summed E-state index contributed by atoms with van der Waals surface area (Å²) in [6.07, 6.45) is 16.3. The van der Waals surface area contributed by atoms with Crippen LogP contribution in [0.15, 0.2) is 0 Å². The fraction of sp³-hybridized carbons (Fsp3) is 0.913. The molecule has 1 unspecified atom stereocenters. The van der Waals surface area contributed by atoms with Crippen LogP contribution >= 0.6 is 11.8 Å². The first-order chi connectivity index (χ1) is 14.1. The number of thioether (sulfide) groups is 1. The van der Waals surface area contributed by atoms with E-state index >= 15 is 0 Å². The molecule has 0 aromatic heterocycles. The summed E-state index contributed by atoms with van der Waals surface area (Å²) in [4.78, 5) is 23.9. The molecular weight excluding hydrogens is 400 g/mol. The van der Waals surface area contributed by atoms with Gasteiger partial charge in [0.15, 0.2) is 0 Å². The van der Waals surface area contributed by atoms with Crippen LogP contribution in [0.25, 0.3) is 0 Å². The maximum absolute atomic E-state index is 11.7. The van der Waals surface area contributed by atoms with Gasteiger partial charge in [-0.2, -0.15) is 11.8 Å². The van der Waals surface area contributed by atoms with Crippen LogP contribution in [-0.4, -0.2) is 64.9 Å². The number of amides is 1. The number of nitrogens with one attached hydrogen (secondary N) is 1. The Bertz CT molecular complexity index is 482. The summed E-state index contributed by atoms with van der Waals surface area (Å²) in [7, 11) is 1.45. The number of carboxylic acid groups (broad SMARTS) is 1. The van der Waals surface area contributed by atoms with Crippen LogP contribution in [-0.2, 0) is 9.53 Å². The third-order valence-electron chi connectivity index (χ3n) is 5.71. The Hall–Kier alpha value is -0.950. The third kappa shape index (κ3) is 11.4. The largest absolute Gasteiger partial charge is 0.480 e. The van der Waals surface area contributed by atoms with E-state index in [0.717, 1.165) is 17.0 Å². The zero-order chi connectivity index (χ0) is 22.6. The first-order valence-corrected chi connectivity index (χ1v) is 13.0. The zero-order valence-corrected chi connectivity index (χ0v) is 20.6. The molecule has 7 heteroatoms. The summed E-state index contributed by atoms with van der Waals surface area (Å²) >= 11 is 1.55. The molecule has 2 saturated carbocycles. The monoisotopic (exact) mass is 444 g/mol. The van der Waals surface area contributed by atoms with Gasteiger partial charge in [0.2, 0.25) is 0 Å². The molecule has 2 aliphatic rings. The molecule has 2 rings (SSSR count). The molecule has 1 amide bonds. The van der Waals surface area contributed by atoms with Crippen molar-refractivity contribution in [1.82, 2.24) is 10.2 Å². The number of carbonyl (C=O) groups excluding carboxylic acids is 1. The van der Waals surface area contributed by atoms with Crippen LogP contribution in [0.2, 0.25) is 0 Å². The molecule has 6 nitrogen and oxygen atoms in total. The first kappa shape index (κ1) is 27.1. The molecule has 176 valence electrons. The first-order valence-electron chi connectivity index (χ1n) is 11.6.